The fraction of sp³-hybridized carbons (Fsp3) is 0.500. The summed E-state index contributed by atoms with van der Waals surface area (Å²) in [6.45, 7) is 1.92. The van der Waals surface area contributed by atoms with Crippen LogP contribution in [0.4, 0.5) is 0 Å². The number of piperidine rings is 1. The molecule has 3 aromatic heterocycles. The molecule has 8 nitrogen and oxygen atoms in total. The molecule has 1 aliphatic carbocycles. The van der Waals surface area contributed by atoms with Gasteiger partial charge in [-0.05, 0) is 38.8 Å². The van der Waals surface area contributed by atoms with Gasteiger partial charge in [0.15, 0.2) is 0 Å². The summed E-state index contributed by atoms with van der Waals surface area (Å²) in [5.41, 5.74) is 2.13. The van der Waals surface area contributed by atoms with Crippen LogP contribution in [-0.4, -0.2) is 37.9 Å². The maximum Gasteiger partial charge on any atom is 0.253 e. The third kappa shape index (κ3) is 2.25. The minimum Gasteiger partial charge on any atom is -0.420 e. The predicted octanol–water partition coefficient (Wildman–Crippen LogP) is 1.42. The van der Waals surface area contributed by atoms with Gasteiger partial charge in [0.25, 0.3) is 11.4 Å². The van der Waals surface area contributed by atoms with E-state index < -0.39 is 0 Å². The number of H-pyrrole nitrogens is 1. The van der Waals surface area contributed by atoms with Crippen molar-refractivity contribution in [1.29, 1.82) is 0 Å². The van der Waals surface area contributed by atoms with E-state index >= 15 is 0 Å². The summed E-state index contributed by atoms with van der Waals surface area (Å²) < 4.78 is 7.59. The van der Waals surface area contributed by atoms with Crippen LogP contribution >= 0.6 is 0 Å². The van der Waals surface area contributed by atoms with E-state index in [1.807, 2.05) is 4.52 Å². The van der Waals surface area contributed by atoms with E-state index in [2.05, 4.69) is 25.6 Å². The SMILES string of the molecule is O=c1cc(C2CCNCC2)n2ncc(-c3nnc(C4CC4)o3)c2[nH]1. The minimum atomic E-state index is -0.125. The number of fused-ring (bicyclic) bond motifs is 1. The number of aromatic nitrogens is 5. The van der Waals surface area contributed by atoms with E-state index in [0.717, 1.165) is 44.5 Å². The predicted molar refractivity (Wildman–Crippen MR) is 85.9 cm³/mol. The number of aromatic amines is 1. The summed E-state index contributed by atoms with van der Waals surface area (Å²) in [6, 6.07) is 1.66. The second-order valence-electron chi connectivity index (χ2n) is 6.62. The summed E-state index contributed by atoms with van der Waals surface area (Å²) in [6.07, 6.45) is 5.90. The van der Waals surface area contributed by atoms with Gasteiger partial charge in [-0.15, -0.1) is 10.2 Å². The monoisotopic (exact) mass is 326 g/mol. The van der Waals surface area contributed by atoms with Crippen molar-refractivity contribution in [2.75, 3.05) is 13.1 Å². The standard InChI is InChI=1S/C16H18N6O2/c23-13-7-12(9-3-5-17-6-4-9)22-14(19-13)11(8-18-22)16-21-20-15(24-16)10-1-2-10/h7-10,17H,1-6H2,(H,19,23). The molecular weight excluding hydrogens is 308 g/mol. The third-order valence-electron chi connectivity index (χ3n) is 4.89. The van der Waals surface area contributed by atoms with Crippen molar-refractivity contribution in [3.8, 4) is 11.5 Å². The molecule has 24 heavy (non-hydrogen) atoms. The summed E-state index contributed by atoms with van der Waals surface area (Å²) >= 11 is 0. The molecule has 0 unspecified atom stereocenters. The van der Waals surface area contributed by atoms with E-state index in [1.165, 1.54) is 0 Å². The van der Waals surface area contributed by atoms with Crippen molar-refractivity contribution < 1.29 is 4.42 Å². The lowest BCUT2D eigenvalue weighted by atomic mass is 9.94. The van der Waals surface area contributed by atoms with Gasteiger partial charge in [-0.3, -0.25) is 4.79 Å². The van der Waals surface area contributed by atoms with Gasteiger partial charge in [-0.1, -0.05) is 0 Å². The molecule has 0 bridgehead atoms. The number of nitrogens with one attached hydrogen (secondary N) is 2. The largest absolute Gasteiger partial charge is 0.420 e. The summed E-state index contributed by atoms with van der Waals surface area (Å²) in [5, 5.41) is 16.1. The molecule has 1 saturated heterocycles. The van der Waals surface area contributed by atoms with Crippen LogP contribution < -0.4 is 10.9 Å². The molecule has 0 atom stereocenters. The second kappa shape index (κ2) is 5.27. The van der Waals surface area contributed by atoms with Crippen molar-refractivity contribution >= 4 is 5.65 Å². The second-order valence-corrected chi connectivity index (χ2v) is 6.62. The van der Waals surface area contributed by atoms with E-state index in [9.17, 15) is 4.79 Å². The van der Waals surface area contributed by atoms with Crippen LogP contribution in [-0.2, 0) is 0 Å². The van der Waals surface area contributed by atoms with Crippen molar-refractivity contribution in [2.45, 2.75) is 37.5 Å². The lowest BCUT2D eigenvalue weighted by Crippen LogP contribution is -2.28. The van der Waals surface area contributed by atoms with Gasteiger partial charge >= 0.3 is 0 Å². The number of hydrogen-bond acceptors (Lipinski definition) is 6. The van der Waals surface area contributed by atoms with Crippen LogP contribution in [0, 0.1) is 0 Å². The first-order chi connectivity index (χ1) is 11.8. The fourth-order valence-electron chi connectivity index (χ4n) is 3.42. The highest BCUT2D eigenvalue weighted by atomic mass is 16.4. The Kier molecular flexibility index (Phi) is 3.05. The van der Waals surface area contributed by atoms with Gasteiger partial charge in [-0.25, -0.2) is 4.52 Å². The van der Waals surface area contributed by atoms with Gasteiger partial charge in [-0.2, -0.15) is 5.10 Å². The quantitative estimate of drug-likeness (QED) is 0.755. The number of hydrogen-bond donors (Lipinski definition) is 2. The zero-order chi connectivity index (χ0) is 16.1. The number of nitrogens with zero attached hydrogens (tertiary/aromatic N) is 4. The number of rotatable bonds is 3. The Morgan fingerprint density at radius 3 is 2.75 bits per heavy atom. The summed E-state index contributed by atoms with van der Waals surface area (Å²) in [4.78, 5) is 15.0. The van der Waals surface area contributed by atoms with Gasteiger partial charge in [0.05, 0.1) is 11.9 Å². The lowest BCUT2D eigenvalue weighted by molar-refractivity contribution is 0.446. The molecule has 2 fully saturated rings. The Morgan fingerprint density at radius 1 is 1.12 bits per heavy atom. The summed E-state index contributed by atoms with van der Waals surface area (Å²) in [5.74, 6) is 1.83. The molecule has 3 aromatic rings. The average Bonchev–Trinajstić information content (AvgIpc) is 3.19. The molecule has 1 saturated carbocycles. The molecule has 4 heterocycles. The van der Waals surface area contributed by atoms with Crippen molar-refractivity contribution in [3.63, 3.8) is 0 Å². The van der Waals surface area contributed by atoms with Gasteiger partial charge < -0.3 is 14.7 Å². The van der Waals surface area contributed by atoms with Crippen LogP contribution in [0.2, 0.25) is 0 Å². The Morgan fingerprint density at radius 2 is 1.96 bits per heavy atom. The molecule has 5 rings (SSSR count). The van der Waals surface area contributed by atoms with Crippen LogP contribution in [0.15, 0.2) is 21.5 Å². The van der Waals surface area contributed by atoms with E-state index in [-0.39, 0.29) is 5.56 Å². The Labute approximate surface area is 137 Å². The van der Waals surface area contributed by atoms with E-state index in [4.69, 9.17) is 4.42 Å². The highest BCUT2D eigenvalue weighted by molar-refractivity contribution is 5.70. The molecule has 2 N–H and O–H groups in total. The highest BCUT2D eigenvalue weighted by Crippen LogP contribution is 2.40. The average molecular weight is 326 g/mol. The smallest absolute Gasteiger partial charge is 0.253 e. The molecule has 0 radical (unpaired) electrons. The van der Waals surface area contributed by atoms with Gasteiger partial charge in [0.2, 0.25) is 5.89 Å². The maximum absolute atomic E-state index is 12.2. The Balaban J connectivity index is 1.62. The molecule has 0 amide bonds. The van der Waals surface area contributed by atoms with Crippen molar-refractivity contribution in [3.05, 3.63) is 34.2 Å². The first-order valence-corrected chi connectivity index (χ1v) is 8.45. The van der Waals surface area contributed by atoms with Crippen molar-refractivity contribution in [1.82, 2.24) is 30.1 Å². The Hall–Kier alpha value is -2.48. The molecule has 2 aliphatic rings. The van der Waals surface area contributed by atoms with Crippen LogP contribution in [0.5, 0.6) is 0 Å². The fourth-order valence-corrected chi connectivity index (χ4v) is 3.42. The first kappa shape index (κ1) is 13.9. The lowest BCUT2D eigenvalue weighted by Gasteiger charge is -2.23. The molecule has 1 aliphatic heterocycles. The maximum atomic E-state index is 12.2. The zero-order valence-corrected chi connectivity index (χ0v) is 13.2. The van der Waals surface area contributed by atoms with Crippen LogP contribution in [0.25, 0.3) is 17.1 Å². The van der Waals surface area contributed by atoms with Crippen LogP contribution in [0.1, 0.15) is 49.1 Å². The van der Waals surface area contributed by atoms with Gasteiger partial charge in [0.1, 0.15) is 11.2 Å². The minimum absolute atomic E-state index is 0.125. The molecule has 0 aromatic carbocycles. The zero-order valence-electron chi connectivity index (χ0n) is 13.2. The van der Waals surface area contributed by atoms with E-state index in [0.29, 0.717) is 34.8 Å². The van der Waals surface area contributed by atoms with Crippen molar-refractivity contribution in [2.24, 2.45) is 0 Å². The highest BCUT2D eigenvalue weighted by Gasteiger charge is 2.30. The van der Waals surface area contributed by atoms with E-state index in [1.54, 1.807) is 12.3 Å². The molecule has 8 heteroatoms. The Bertz CT molecular complexity index is 945. The van der Waals surface area contributed by atoms with Gasteiger partial charge in [0, 0.05) is 17.9 Å². The normalized spacial score (nSPS) is 19.2. The van der Waals surface area contributed by atoms with Crippen LogP contribution in [0.3, 0.4) is 0 Å². The first-order valence-electron chi connectivity index (χ1n) is 8.45. The molecule has 0 spiro atoms. The third-order valence-corrected chi connectivity index (χ3v) is 4.89. The summed E-state index contributed by atoms with van der Waals surface area (Å²) in [7, 11) is 0. The molecule has 124 valence electrons. The topological polar surface area (TPSA) is 101 Å². The molecular formula is C16H18N6O2.